The summed E-state index contributed by atoms with van der Waals surface area (Å²) in [6.07, 6.45) is 6.84. The van der Waals surface area contributed by atoms with Gasteiger partial charge in [-0.25, -0.2) is 4.98 Å². The average molecular weight is 251 g/mol. The number of thiazole rings is 1. The molecule has 1 aromatic heterocycles. The largest absolute Gasteiger partial charge is 0.330 e. The summed E-state index contributed by atoms with van der Waals surface area (Å²) in [6.45, 7) is 3.55. The van der Waals surface area contributed by atoms with Gasteiger partial charge in [0.15, 0.2) is 0 Å². The minimum Gasteiger partial charge on any atom is -0.330 e. The monoisotopic (exact) mass is 251 g/mol. The number of nitrogens with two attached hydrogens (primary N) is 1. The molecule has 2 N–H and O–H groups in total. The first-order valence-electron chi connectivity index (χ1n) is 5.60. The number of hydrogen-bond donors (Lipinski definition) is 1. The van der Waals surface area contributed by atoms with Crippen molar-refractivity contribution >= 4 is 17.2 Å². The SMILES string of the molecule is C#CCN(CCC)C(=O)c1csc(CCN)n1. The molecule has 5 heteroatoms. The van der Waals surface area contributed by atoms with Crippen molar-refractivity contribution in [3.05, 3.63) is 16.1 Å². The van der Waals surface area contributed by atoms with Crippen LogP contribution in [-0.4, -0.2) is 35.4 Å². The van der Waals surface area contributed by atoms with Crippen molar-refractivity contribution in [2.24, 2.45) is 5.73 Å². The molecule has 0 radical (unpaired) electrons. The highest BCUT2D eigenvalue weighted by atomic mass is 32.1. The van der Waals surface area contributed by atoms with Crippen molar-refractivity contribution in [2.75, 3.05) is 19.6 Å². The molecule has 0 saturated heterocycles. The van der Waals surface area contributed by atoms with E-state index in [1.807, 2.05) is 6.92 Å². The van der Waals surface area contributed by atoms with Gasteiger partial charge in [-0.2, -0.15) is 0 Å². The maximum atomic E-state index is 12.1. The van der Waals surface area contributed by atoms with Gasteiger partial charge in [0, 0.05) is 18.3 Å². The molecule has 1 amide bonds. The first kappa shape index (κ1) is 13.7. The Kier molecular flexibility index (Phi) is 5.67. The van der Waals surface area contributed by atoms with Gasteiger partial charge in [-0.15, -0.1) is 17.8 Å². The minimum atomic E-state index is -0.0932. The second kappa shape index (κ2) is 7.05. The third-order valence-corrected chi connectivity index (χ3v) is 3.10. The van der Waals surface area contributed by atoms with Crippen LogP contribution in [-0.2, 0) is 6.42 Å². The van der Waals surface area contributed by atoms with Crippen LogP contribution in [0, 0.1) is 12.3 Å². The number of nitrogens with zero attached hydrogens (tertiary/aromatic N) is 2. The summed E-state index contributed by atoms with van der Waals surface area (Å²) in [5, 5.41) is 2.67. The molecule has 0 aliphatic carbocycles. The summed E-state index contributed by atoms with van der Waals surface area (Å²) in [4.78, 5) is 18.0. The van der Waals surface area contributed by atoms with Crippen LogP contribution in [0.2, 0.25) is 0 Å². The van der Waals surface area contributed by atoms with Crippen molar-refractivity contribution in [1.82, 2.24) is 9.88 Å². The van der Waals surface area contributed by atoms with E-state index in [0.717, 1.165) is 11.4 Å². The van der Waals surface area contributed by atoms with E-state index in [-0.39, 0.29) is 5.91 Å². The molecule has 0 aliphatic rings. The summed E-state index contributed by atoms with van der Waals surface area (Å²) in [5.41, 5.74) is 5.92. The van der Waals surface area contributed by atoms with E-state index in [0.29, 0.717) is 31.7 Å². The highest BCUT2D eigenvalue weighted by molar-refractivity contribution is 7.09. The van der Waals surface area contributed by atoms with Gasteiger partial charge < -0.3 is 10.6 Å². The standard InChI is InChI=1S/C12H17N3OS/c1-3-7-15(8-4-2)12(16)10-9-17-11(14-10)5-6-13/h1,9H,4-8,13H2,2H3. The van der Waals surface area contributed by atoms with Crippen LogP contribution in [0.4, 0.5) is 0 Å². The molecule has 1 rings (SSSR count). The van der Waals surface area contributed by atoms with Crippen LogP contribution in [0.1, 0.15) is 28.8 Å². The molecule has 0 spiro atoms. The Morgan fingerprint density at radius 2 is 2.47 bits per heavy atom. The van der Waals surface area contributed by atoms with Gasteiger partial charge in [0.05, 0.1) is 11.6 Å². The Balaban J connectivity index is 2.74. The molecule has 0 unspecified atom stereocenters. The highest BCUT2D eigenvalue weighted by Gasteiger charge is 2.17. The zero-order valence-electron chi connectivity index (χ0n) is 9.98. The van der Waals surface area contributed by atoms with E-state index in [2.05, 4.69) is 10.9 Å². The van der Waals surface area contributed by atoms with Gasteiger partial charge in [-0.3, -0.25) is 4.79 Å². The Hall–Kier alpha value is -1.38. The fourth-order valence-corrected chi connectivity index (χ4v) is 2.23. The predicted octanol–water partition coefficient (Wildman–Crippen LogP) is 1.13. The molecular formula is C12H17N3OS. The molecular weight excluding hydrogens is 234 g/mol. The second-order valence-corrected chi connectivity index (χ2v) is 4.54. The van der Waals surface area contributed by atoms with Crippen molar-refractivity contribution in [2.45, 2.75) is 19.8 Å². The second-order valence-electron chi connectivity index (χ2n) is 3.60. The quantitative estimate of drug-likeness (QED) is 0.771. The lowest BCUT2D eigenvalue weighted by molar-refractivity contribution is 0.0771. The normalized spacial score (nSPS) is 9.94. The zero-order chi connectivity index (χ0) is 12.7. The fraction of sp³-hybridized carbons (Fsp3) is 0.500. The molecule has 92 valence electrons. The maximum absolute atomic E-state index is 12.1. The lowest BCUT2D eigenvalue weighted by Gasteiger charge is -2.17. The number of carbonyl (C=O) groups is 1. The molecule has 1 heterocycles. The number of hydrogen-bond acceptors (Lipinski definition) is 4. The number of amides is 1. The van der Waals surface area contributed by atoms with Gasteiger partial charge in [-0.05, 0) is 13.0 Å². The van der Waals surface area contributed by atoms with Gasteiger partial charge in [0.25, 0.3) is 5.91 Å². The zero-order valence-corrected chi connectivity index (χ0v) is 10.8. The van der Waals surface area contributed by atoms with E-state index in [4.69, 9.17) is 12.2 Å². The summed E-state index contributed by atoms with van der Waals surface area (Å²) < 4.78 is 0. The van der Waals surface area contributed by atoms with E-state index in [1.54, 1.807) is 10.3 Å². The van der Waals surface area contributed by atoms with Gasteiger partial charge in [0.2, 0.25) is 0 Å². The number of rotatable bonds is 6. The molecule has 1 aromatic rings. The van der Waals surface area contributed by atoms with E-state index >= 15 is 0 Å². The molecule has 0 atom stereocenters. The molecule has 4 nitrogen and oxygen atoms in total. The summed E-state index contributed by atoms with van der Waals surface area (Å²) >= 11 is 1.47. The maximum Gasteiger partial charge on any atom is 0.274 e. The van der Waals surface area contributed by atoms with E-state index in [9.17, 15) is 4.79 Å². The van der Waals surface area contributed by atoms with Gasteiger partial charge in [0.1, 0.15) is 5.69 Å². The number of carbonyl (C=O) groups excluding carboxylic acids is 1. The third-order valence-electron chi connectivity index (χ3n) is 2.19. The average Bonchev–Trinajstić information content (AvgIpc) is 2.77. The fourth-order valence-electron chi connectivity index (χ4n) is 1.44. The number of terminal acetylenes is 1. The van der Waals surface area contributed by atoms with Crippen LogP contribution in [0.3, 0.4) is 0 Å². The topological polar surface area (TPSA) is 59.2 Å². The minimum absolute atomic E-state index is 0.0932. The Labute approximate surface area is 106 Å². The summed E-state index contributed by atoms with van der Waals surface area (Å²) in [5.74, 6) is 2.40. The molecule has 17 heavy (non-hydrogen) atoms. The highest BCUT2D eigenvalue weighted by Crippen LogP contribution is 2.12. The van der Waals surface area contributed by atoms with Crippen LogP contribution in [0.15, 0.2) is 5.38 Å². The van der Waals surface area contributed by atoms with E-state index in [1.165, 1.54) is 11.3 Å². The van der Waals surface area contributed by atoms with Gasteiger partial charge >= 0.3 is 0 Å². The van der Waals surface area contributed by atoms with Crippen molar-refractivity contribution in [3.8, 4) is 12.3 Å². The van der Waals surface area contributed by atoms with Crippen molar-refractivity contribution < 1.29 is 4.79 Å². The first-order chi connectivity index (χ1) is 8.22. The Morgan fingerprint density at radius 1 is 1.71 bits per heavy atom. The molecule has 0 aliphatic heterocycles. The smallest absolute Gasteiger partial charge is 0.274 e. The van der Waals surface area contributed by atoms with Crippen molar-refractivity contribution in [3.63, 3.8) is 0 Å². The number of aromatic nitrogens is 1. The van der Waals surface area contributed by atoms with Crippen molar-refractivity contribution in [1.29, 1.82) is 0 Å². The third kappa shape index (κ3) is 3.84. The van der Waals surface area contributed by atoms with Crippen LogP contribution in [0.25, 0.3) is 0 Å². The Morgan fingerprint density at radius 3 is 3.06 bits per heavy atom. The van der Waals surface area contributed by atoms with Crippen LogP contribution < -0.4 is 5.73 Å². The summed E-state index contributed by atoms with van der Waals surface area (Å²) in [6, 6.07) is 0. The summed E-state index contributed by atoms with van der Waals surface area (Å²) in [7, 11) is 0. The molecule has 0 bridgehead atoms. The lowest BCUT2D eigenvalue weighted by Crippen LogP contribution is -2.32. The molecule has 0 fully saturated rings. The lowest BCUT2D eigenvalue weighted by atomic mass is 10.3. The van der Waals surface area contributed by atoms with E-state index < -0.39 is 0 Å². The van der Waals surface area contributed by atoms with Crippen LogP contribution in [0.5, 0.6) is 0 Å². The first-order valence-corrected chi connectivity index (χ1v) is 6.48. The molecule has 0 aromatic carbocycles. The Bertz CT molecular complexity index is 408. The van der Waals surface area contributed by atoms with Gasteiger partial charge in [-0.1, -0.05) is 12.8 Å². The predicted molar refractivity (Wildman–Crippen MR) is 69.9 cm³/mol. The molecule has 0 saturated carbocycles. The van der Waals surface area contributed by atoms with Crippen LogP contribution >= 0.6 is 11.3 Å².